The highest BCUT2D eigenvalue weighted by molar-refractivity contribution is 5.81. The van der Waals surface area contributed by atoms with Crippen LogP contribution in [0.3, 0.4) is 0 Å². The summed E-state index contributed by atoms with van der Waals surface area (Å²) in [6.07, 6.45) is 14.0. The van der Waals surface area contributed by atoms with Crippen molar-refractivity contribution in [1.29, 1.82) is 0 Å². The molecule has 2 fully saturated rings. The van der Waals surface area contributed by atoms with Crippen molar-refractivity contribution in [2.45, 2.75) is 112 Å². The van der Waals surface area contributed by atoms with Crippen LogP contribution in [-0.2, 0) is 14.3 Å². The molecular weight excluding hydrogens is 388 g/mol. The second-order valence-corrected chi connectivity index (χ2v) is 11.1. The summed E-state index contributed by atoms with van der Waals surface area (Å²) in [5.74, 6) is -0.561. The summed E-state index contributed by atoms with van der Waals surface area (Å²) in [5, 5.41) is 9.63. The van der Waals surface area contributed by atoms with Crippen LogP contribution < -0.4 is 0 Å². The number of unbranched alkanes of at least 4 members (excludes halogenated alkanes) is 5. The van der Waals surface area contributed by atoms with E-state index in [0.717, 1.165) is 19.3 Å². The van der Waals surface area contributed by atoms with Gasteiger partial charge in [0.25, 0.3) is 0 Å². The van der Waals surface area contributed by atoms with Crippen molar-refractivity contribution in [3.63, 3.8) is 0 Å². The van der Waals surface area contributed by atoms with Gasteiger partial charge in [-0.3, -0.25) is 9.59 Å². The zero-order chi connectivity index (χ0) is 23.0. The highest BCUT2D eigenvalue weighted by Crippen LogP contribution is 2.51. The number of hydrogen-bond donors (Lipinski definition) is 1. The van der Waals surface area contributed by atoms with E-state index >= 15 is 0 Å². The number of esters is 1. The predicted octanol–water partition coefficient (Wildman–Crippen LogP) is 7.11. The largest absolute Gasteiger partial charge is 0.481 e. The number of carboxylic acids is 1. The minimum absolute atomic E-state index is 0.0406. The van der Waals surface area contributed by atoms with Gasteiger partial charge < -0.3 is 9.84 Å². The molecule has 7 atom stereocenters. The number of aliphatic carboxylic acids is 1. The Labute approximate surface area is 190 Å². The average Bonchev–Trinajstić information content (AvgIpc) is 2.73. The molecule has 0 aromatic carbocycles. The fraction of sp³-hybridized carbons (Fsp3) is 0.926. The molecular formula is C27H48O4. The first-order valence-corrected chi connectivity index (χ1v) is 13.1. The number of carbonyl (C=O) groups is 2. The Kier molecular flexibility index (Phi) is 10.4. The number of hydrogen-bond acceptors (Lipinski definition) is 3. The number of carboxylic acid groups (broad SMARTS) is 1. The molecule has 4 nitrogen and oxygen atoms in total. The van der Waals surface area contributed by atoms with Crippen LogP contribution in [0.4, 0.5) is 0 Å². The lowest BCUT2D eigenvalue weighted by Crippen LogP contribution is -2.44. The van der Waals surface area contributed by atoms with Crippen LogP contribution in [0.5, 0.6) is 0 Å². The molecule has 0 bridgehead atoms. The maximum Gasteiger partial charge on any atom is 0.309 e. The molecule has 0 saturated heterocycles. The Bertz CT molecular complexity index is 574. The highest BCUT2D eigenvalue weighted by atomic mass is 16.5. The third-order valence-corrected chi connectivity index (χ3v) is 9.16. The van der Waals surface area contributed by atoms with Gasteiger partial charge in [-0.1, -0.05) is 79.6 Å². The van der Waals surface area contributed by atoms with Gasteiger partial charge in [-0.2, -0.15) is 0 Å². The van der Waals surface area contributed by atoms with E-state index < -0.39 is 17.8 Å². The summed E-state index contributed by atoms with van der Waals surface area (Å²) in [7, 11) is 0. The minimum Gasteiger partial charge on any atom is -0.481 e. The molecule has 0 spiro atoms. The van der Waals surface area contributed by atoms with E-state index in [1.165, 1.54) is 51.4 Å². The highest BCUT2D eigenvalue weighted by Gasteiger charge is 2.45. The van der Waals surface area contributed by atoms with Crippen LogP contribution in [0.15, 0.2) is 0 Å². The standard InChI is InChI=1S/C27H48O4/c1-6-7-8-9-10-11-17-27(5)20(3)15-16-22(21(27)4)18-31-26(30)23-14-12-13-19(2)24(23)25(28)29/h19-24H,6-18H2,1-5H3,(H,28,29). The predicted molar refractivity (Wildman–Crippen MR) is 126 cm³/mol. The molecule has 0 aromatic heterocycles. The first-order chi connectivity index (χ1) is 14.7. The van der Waals surface area contributed by atoms with Crippen molar-refractivity contribution in [1.82, 2.24) is 0 Å². The average molecular weight is 437 g/mol. The lowest BCUT2D eigenvalue weighted by atomic mass is 9.57. The molecule has 31 heavy (non-hydrogen) atoms. The summed E-state index contributed by atoms with van der Waals surface area (Å²) in [4.78, 5) is 24.6. The molecule has 2 aliphatic carbocycles. The Hall–Kier alpha value is -1.06. The fourth-order valence-corrected chi connectivity index (χ4v) is 6.41. The lowest BCUT2D eigenvalue weighted by Gasteiger charge is -2.49. The van der Waals surface area contributed by atoms with Crippen LogP contribution >= 0.6 is 0 Å². The van der Waals surface area contributed by atoms with Gasteiger partial charge >= 0.3 is 11.9 Å². The second-order valence-electron chi connectivity index (χ2n) is 11.1. The summed E-state index contributed by atoms with van der Waals surface area (Å²) in [6.45, 7) is 11.9. The normalized spacial score (nSPS) is 36.2. The van der Waals surface area contributed by atoms with Gasteiger partial charge in [0, 0.05) is 0 Å². The molecule has 7 unspecified atom stereocenters. The minimum atomic E-state index is -0.847. The Morgan fingerprint density at radius 1 is 0.968 bits per heavy atom. The third-order valence-electron chi connectivity index (χ3n) is 9.16. The Balaban J connectivity index is 1.89. The molecule has 2 aliphatic rings. The SMILES string of the molecule is CCCCCCCCC1(C)C(C)CCC(COC(=O)C2CCCC(C)C2C(=O)O)C1C. The molecule has 180 valence electrons. The Morgan fingerprint density at radius 2 is 1.65 bits per heavy atom. The van der Waals surface area contributed by atoms with E-state index in [9.17, 15) is 14.7 Å². The monoisotopic (exact) mass is 436 g/mol. The molecule has 0 amide bonds. The van der Waals surface area contributed by atoms with Crippen molar-refractivity contribution in [3.05, 3.63) is 0 Å². The maximum atomic E-state index is 12.8. The van der Waals surface area contributed by atoms with Gasteiger partial charge in [-0.15, -0.1) is 0 Å². The molecule has 0 heterocycles. The first-order valence-electron chi connectivity index (χ1n) is 13.1. The van der Waals surface area contributed by atoms with E-state index in [1.54, 1.807) is 0 Å². The van der Waals surface area contributed by atoms with E-state index in [4.69, 9.17) is 4.74 Å². The van der Waals surface area contributed by atoms with Gasteiger partial charge in [0.05, 0.1) is 18.4 Å². The molecule has 0 radical (unpaired) electrons. The number of rotatable bonds is 11. The van der Waals surface area contributed by atoms with Gasteiger partial charge in [-0.25, -0.2) is 0 Å². The van der Waals surface area contributed by atoms with Gasteiger partial charge in [0.1, 0.15) is 0 Å². The van der Waals surface area contributed by atoms with E-state index in [2.05, 4.69) is 27.7 Å². The van der Waals surface area contributed by atoms with E-state index in [-0.39, 0.29) is 11.9 Å². The molecule has 4 heteroatoms. The van der Waals surface area contributed by atoms with Crippen molar-refractivity contribution in [2.24, 2.45) is 40.9 Å². The first kappa shape index (κ1) is 26.2. The van der Waals surface area contributed by atoms with Crippen LogP contribution in [-0.4, -0.2) is 23.7 Å². The quantitative estimate of drug-likeness (QED) is 0.277. The molecule has 2 rings (SSSR count). The number of ether oxygens (including phenoxy) is 1. The zero-order valence-electron chi connectivity index (χ0n) is 20.8. The van der Waals surface area contributed by atoms with Crippen molar-refractivity contribution in [3.8, 4) is 0 Å². The van der Waals surface area contributed by atoms with Crippen molar-refractivity contribution in [2.75, 3.05) is 6.61 Å². The summed E-state index contributed by atoms with van der Waals surface area (Å²) >= 11 is 0. The van der Waals surface area contributed by atoms with Crippen LogP contribution in [0.1, 0.15) is 112 Å². The number of carbonyl (C=O) groups excluding carboxylic acids is 1. The maximum absolute atomic E-state index is 12.8. The summed E-state index contributed by atoms with van der Waals surface area (Å²) < 4.78 is 5.82. The lowest BCUT2D eigenvalue weighted by molar-refractivity contribution is -0.164. The molecule has 2 saturated carbocycles. The molecule has 1 N–H and O–H groups in total. The summed E-state index contributed by atoms with van der Waals surface area (Å²) in [5.41, 5.74) is 0.295. The van der Waals surface area contributed by atoms with Crippen LogP contribution in [0.2, 0.25) is 0 Å². The molecule has 0 aromatic rings. The van der Waals surface area contributed by atoms with E-state index in [0.29, 0.717) is 36.2 Å². The fourth-order valence-electron chi connectivity index (χ4n) is 6.41. The van der Waals surface area contributed by atoms with Crippen molar-refractivity contribution >= 4 is 11.9 Å². The van der Waals surface area contributed by atoms with Crippen molar-refractivity contribution < 1.29 is 19.4 Å². The van der Waals surface area contributed by atoms with Gasteiger partial charge in [0.2, 0.25) is 0 Å². The topological polar surface area (TPSA) is 63.6 Å². The summed E-state index contributed by atoms with van der Waals surface area (Å²) in [6, 6.07) is 0. The van der Waals surface area contributed by atoms with Gasteiger partial charge in [0.15, 0.2) is 0 Å². The third kappa shape index (κ3) is 6.71. The Morgan fingerprint density at radius 3 is 2.32 bits per heavy atom. The smallest absolute Gasteiger partial charge is 0.309 e. The van der Waals surface area contributed by atoms with Crippen LogP contribution in [0.25, 0.3) is 0 Å². The van der Waals surface area contributed by atoms with Gasteiger partial charge in [-0.05, 0) is 61.2 Å². The zero-order valence-corrected chi connectivity index (χ0v) is 20.8. The van der Waals surface area contributed by atoms with E-state index in [1.807, 2.05) is 6.92 Å². The second kappa shape index (κ2) is 12.3. The molecule has 0 aliphatic heterocycles. The van der Waals surface area contributed by atoms with Crippen LogP contribution in [0, 0.1) is 40.9 Å².